The van der Waals surface area contributed by atoms with Gasteiger partial charge in [-0.3, -0.25) is 9.59 Å². The number of rotatable bonds is 11. The van der Waals surface area contributed by atoms with E-state index in [0.717, 1.165) is 44.2 Å². The fourth-order valence-corrected chi connectivity index (χ4v) is 5.98. The summed E-state index contributed by atoms with van der Waals surface area (Å²) in [6.45, 7) is 0. The molecule has 2 fully saturated rings. The summed E-state index contributed by atoms with van der Waals surface area (Å²) >= 11 is 0. The summed E-state index contributed by atoms with van der Waals surface area (Å²) in [5.41, 5.74) is 7.65. The van der Waals surface area contributed by atoms with Gasteiger partial charge in [0, 0.05) is 17.1 Å². The number of fused-ring (bicyclic) bond motifs is 1. The average molecular weight is 524 g/mol. The quantitative estimate of drug-likeness (QED) is 0.203. The molecule has 0 bridgehead atoms. The van der Waals surface area contributed by atoms with Crippen LogP contribution in [0.3, 0.4) is 0 Å². The highest BCUT2D eigenvalue weighted by atomic mass is 16.3. The number of H-pyrrole nitrogens is 2. The number of carbonyl (C=O) groups is 2. The number of hydrogen-bond acceptors (Lipinski definition) is 6. The average Bonchev–Trinajstić information content (AvgIpc) is 3.50. The maximum Gasteiger partial charge on any atom is 0.268 e. The molecule has 8 N–H and O–H groups in total. The first-order chi connectivity index (χ1) is 18.3. The zero-order valence-electron chi connectivity index (χ0n) is 21.4. The minimum atomic E-state index is -1.07. The largest absolute Gasteiger partial charge is 0.507 e. The Labute approximate surface area is 221 Å². The normalized spacial score (nSPS) is 18.8. The third-order valence-corrected chi connectivity index (χ3v) is 8.20. The van der Waals surface area contributed by atoms with Crippen LogP contribution in [0.2, 0.25) is 0 Å². The van der Waals surface area contributed by atoms with Crippen molar-refractivity contribution in [3.8, 4) is 5.75 Å². The molecule has 0 saturated heterocycles. The van der Waals surface area contributed by atoms with Gasteiger partial charge in [0.25, 0.3) is 11.8 Å². The fourth-order valence-electron chi connectivity index (χ4n) is 5.98. The second-order valence-electron chi connectivity index (χ2n) is 10.9. The lowest BCUT2D eigenvalue weighted by atomic mass is 9.82. The third kappa shape index (κ3) is 5.56. The van der Waals surface area contributed by atoms with E-state index in [2.05, 4.69) is 20.3 Å². The van der Waals surface area contributed by atoms with Gasteiger partial charge in [-0.1, -0.05) is 32.1 Å². The Balaban J connectivity index is 1.48. The lowest BCUT2D eigenvalue weighted by Gasteiger charge is -2.32. The zero-order chi connectivity index (χ0) is 26.8. The van der Waals surface area contributed by atoms with Crippen LogP contribution < -0.4 is 11.1 Å². The Morgan fingerprint density at radius 1 is 1.11 bits per heavy atom. The Kier molecular flexibility index (Phi) is 7.71. The molecule has 10 nitrogen and oxygen atoms in total. The molecule has 5 rings (SSSR count). The molecule has 204 valence electrons. The summed E-state index contributed by atoms with van der Waals surface area (Å²) in [7, 11) is 0. The Bertz CT molecular complexity index is 1280. The first-order valence-electron chi connectivity index (χ1n) is 13.6. The van der Waals surface area contributed by atoms with E-state index in [1.807, 2.05) is 0 Å². The summed E-state index contributed by atoms with van der Waals surface area (Å²) in [5, 5.41) is 35.7. The van der Waals surface area contributed by atoms with Crippen LogP contribution in [0, 0.1) is 11.8 Å². The number of aliphatic hydroxyl groups excluding tert-OH is 2. The highest BCUT2D eigenvalue weighted by Crippen LogP contribution is 2.37. The Morgan fingerprint density at radius 3 is 2.53 bits per heavy atom. The van der Waals surface area contributed by atoms with E-state index >= 15 is 0 Å². The van der Waals surface area contributed by atoms with Gasteiger partial charge in [0.15, 0.2) is 0 Å². The smallest absolute Gasteiger partial charge is 0.268 e. The minimum absolute atomic E-state index is 0.0437. The number of nitrogens with one attached hydrogen (secondary N) is 3. The maximum absolute atomic E-state index is 13.8. The van der Waals surface area contributed by atoms with Crippen LogP contribution in [0.15, 0.2) is 24.7 Å². The van der Waals surface area contributed by atoms with Crippen molar-refractivity contribution in [1.82, 2.24) is 20.3 Å². The van der Waals surface area contributed by atoms with E-state index in [-0.39, 0.29) is 22.9 Å². The highest BCUT2D eigenvalue weighted by molar-refractivity contribution is 6.12. The molecule has 2 amide bonds. The van der Waals surface area contributed by atoms with Crippen LogP contribution in [0.25, 0.3) is 10.9 Å². The van der Waals surface area contributed by atoms with E-state index in [0.29, 0.717) is 41.6 Å². The Hall–Kier alpha value is -3.37. The number of aromatic nitrogens is 3. The van der Waals surface area contributed by atoms with Gasteiger partial charge in [0.05, 0.1) is 29.7 Å². The van der Waals surface area contributed by atoms with Crippen LogP contribution >= 0.6 is 0 Å². The van der Waals surface area contributed by atoms with Crippen molar-refractivity contribution >= 4 is 22.7 Å². The molecule has 2 aromatic heterocycles. The molecule has 2 aliphatic carbocycles. The van der Waals surface area contributed by atoms with E-state index in [4.69, 9.17) is 5.73 Å². The molecule has 3 aromatic rings. The monoisotopic (exact) mass is 523 g/mol. The van der Waals surface area contributed by atoms with Crippen LogP contribution in [0.1, 0.15) is 83.5 Å². The predicted octanol–water partition coefficient (Wildman–Crippen LogP) is 2.68. The summed E-state index contributed by atoms with van der Waals surface area (Å²) in [6.07, 6.45) is 10.1. The lowest BCUT2D eigenvalue weighted by molar-refractivity contribution is -0.0202. The van der Waals surface area contributed by atoms with Gasteiger partial charge in [-0.2, -0.15) is 0 Å². The molecular formula is C28H37N5O5. The Morgan fingerprint density at radius 2 is 1.87 bits per heavy atom. The maximum atomic E-state index is 13.8. The number of aromatic amines is 2. The zero-order valence-corrected chi connectivity index (χ0v) is 21.4. The van der Waals surface area contributed by atoms with Gasteiger partial charge >= 0.3 is 0 Å². The van der Waals surface area contributed by atoms with Crippen molar-refractivity contribution in [3.05, 3.63) is 47.2 Å². The highest BCUT2D eigenvalue weighted by Gasteiger charge is 2.39. The molecule has 0 aliphatic heterocycles. The van der Waals surface area contributed by atoms with Gasteiger partial charge in [-0.15, -0.1) is 0 Å². The number of phenols is 1. The first-order valence-corrected chi connectivity index (χ1v) is 13.6. The molecule has 2 aliphatic rings. The van der Waals surface area contributed by atoms with Crippen LogP contribution in [0.5, 0.6) is 5.75 Å². The topological polar surface area (TPSA) is 177 Å². The number of aliphatic hydroxyl groups is 2. The number of hydrogen-bond donors (Lipinski definition) is 7. The van der Waals surface area contributed by atoms with Crippen molar-refractivity contribution in [2.45, 2.75) is 82.5 Å². The van der Waals surface area contributed by atoms with E-state index in [1.165, 1.54) is 12.5 Å². The predicted molar refractivity (Wildman–Crippen MR) is 142 cm³/mol. The minimum Gasteiger partial charge on any atom is -0.507 e. The summed E-state index contributed by atoms with van der Waals surface area (Å²) in [4.78, 5) is 36.4. The molecule has 0 radical (unpaired) electrons. The van der Waals surface area contributed by atoms with Gasteiger partial charge in [-0.25, -0.2) is 4.98 Å². The lowest BCUT2D eigenvalue weighted by Crippen LogP contribution is -2.50. The van der Waals surface area contributed by atoms with Crippen LogP contribution in [-0.4, -0.2) is 60.3 Å². The number of imidazole rings is 1. The van der Waals surface area contributed by atoms with Crippen molar-refractivity contribution in [3.63, 3.8) is 0 Å². The van der Waals surface area contributed by atoms with E-state index in [1.54, 1.807) is 18.6 Å². The molecule has 38 heavy (non-hydrogen) atoms. The third-order valence-electron chi connectivity index (χ3n) is 8.20. The number of primary amides is 1. The second-order valence-corrected chi connectivity index (χ2v) is 10.9. The van der Waals surface area contributed by atoms with Crippen molar-refractivity contribution in [2.75, 3.05) is 0 Å². The summed E-state index contributed by atoms with van der Waals surface area (Å²) < 4.78 is 0. The SMILES string of the molecule is NC(=O)c1c(O)ccc2[nH]c(C(=O)N[C@@H](CC3CCCCC3)[C@@H](O)[C@@H](O)C3CC3)c(CCc3c[nH]cn3)c12. The van der Waals surface area contributed by atoms with Gasteiger partial charge in [0.1, 0.15) is 17.5 Å². The molecule has 0 unspecified atom stereocenters. The molecule has 10 heteroatoms. The number of aryl methyl sites for hydroxylation is 2. The van der Waals surface area contributed by atoms with Crippen LogP contribution in [-0.2, 0) is 12.8 Å². The van der Waals surface area contributed by atoms with Crippen molar-refractivity contribution in [1.29, 1.82) is 0 Å². The fraction of sp³-hybridized carbons (Fsp3) is 0.536. The summed E-state index contributed by atoms with van der Waals surface area (Å²) in [5.74, 6) is -1.05. The molecule has 0 spiro atoms. The summed E-state index contributed by atoms with van der Waals surface area (Å²) in [6, 6.07) is 2.37. The van der Waals surface area contributed by atoms with Gasteiger partial charge in [0.2, 0.25) is 0 Å². The van der Waals surface area contributed by atoms with Gasteiger partial charge < -0.3 is 36.3 Å². The number of carbonyl (C=O) groups excluding carboxylic acids is 2. The number of nitrogens with two attached hydrogens (primary N) is 1. The molecular weight excluding hydrogens is 486 g/mol. The number of benzene rings is 1. The first kappa shape index (κ1) is 26.2. The molecule has 1 aromatic carbocycles. The molecule has 2 saturated carbocycles. The molecule has 3 atom stereocenters. The number of amides is 2. The number of aromatic hydroxyl groups is 1. The van der Waals surface area contributed by atoms with Crippen molar-refractivity contribution < 1.29 is 24.9 Å². The van der Waals surface area contributed by atoms with Gasteiger partial charge in [-0.05, 0) is 61.6 Å². The van der Waals surface area contributed by atoms with Crippen molar-refractivity contribution in [2.24, 2.45) is 17.6 Å². The van der Waals surface area contributed by atoms with E-state index in [9.17, 15) is 24.9 Å². The standard InChI is InChI=1S/C28H37N5O5/c29-27(37)23-21(34)11-10-19-22(23)18(9-8-17-13-30-14-31-17)24(32-19)28(38)33-20(12-15-4-2-1-3-5-15)26(36)25(35)16-6-7-16/h10-11,13-16,20,25-26,32,34-36H,1-9,12H2,(H2,29,37)(H,30,31)(H,33,38)/t20-,25-,26+/m0/s1. The second kappa shape index (κ2) is 11.2. The van der Waals surface area contributed by atoms with E-state index < -0.39 is 30.1 Å². The van der Waals surface area contributed by atoms with Crippen LogP contribution in [0.4, 0.5) is 0 Å². The molecule has 2 heterocycles. The number of nitrogens with zero attached hydrogens (tertiary/aromatic N) is 1.